The van der Waals surface area contributed by atoms with Crippen LogP contribution in [0.4, 0.5) is 5.82 Å². The van der Waals surface area contributed by atoms with E-state index in [4.69, 9.17) is 17.3 Å². The molecule has 0 atom stereocenters. The molecular weight excluding hydrogens is 528 g/mol. The highest BCUT2D eigenvalue weighted by Crippen LogP contribution is 2.30. The normalized spacial score (nSPS) is 15.4. The van der Waals surface area contributed by atoms with Crippen molar-refractivity contribution in [2.24, 2.45) is 17.6 Å². The lowest BCUT2D eigenvalue weighted by Gasteiger charge is -2.32. The van der Waals surface area contributed by atoms with Gasteiger partial charge in [0.15, 0.2) is 0 Å². The van der Waals surface area contributed by atoms with E-state index < -0.39 is 5.91 Å². The molecule has 1 saturated carbocycles. The van der Waals surface area contributed by atoms with E-state index in [9.17, 15) is 14.4 Å². The number of amides is 3. The van der Waals surface area contributed by atoms with Crippen LogP contribution in [-0.4, -0.2) is 52.2 Å². The maximum Gasteiger partial charge on any atom is 0.252 e. The summed E-state index contributed by atoms with van der Waals surface area (Å²) in [7, 11) is 0. The quantitative estimate of drug-likeness (QED) is 0.356. The van der Waals surface area contributed by atoms with E-state index in [-0.39, 0.29) is 17.7 Å². The van der Waals surface area contributed by atoms with Gasteiger partial charge in [-0.1, -0.05) is 23.7 Å². The van der Waals surface area contributed by atoms with Crippen LogP contribution in [0.15, 0.2) is 67.1 Å². The van der Waals surface area contributed by atoms with Gasteiger partial charge in [0.05, 0.1) is 5.56 Å². The largest absolute Gasteiger partial charge is 0.366 e. The Morgan fingerprint density at radius 1 is 0.975 bits per heavy atom. The minimum Gasteiger partial charge on any atom is -0.366 e. The fourth-order valence-corrected chi connectivity index (χ4v) is 4.75. The number of primary amides is 1. The molecule has 5 rings (SSSR count). The van der Waals surface area contributed by atoms with Gasteiger partial charge in [-0.3, -0.25) is 24.3 Å². The molecule has 2 aliphatic rings. The van der Waals surface area contributed by atoms with E-state index in [2.05, 4.69) is 31.6 Å². The summed E-state index contributed by atoms with van der Waals surface area (Å²) in [5.41, 5.74) is 7.35. The van der Waals surface area contributed by atoms with Crippen LogP contribution >= 0.6 is 11.6 Å². The topological polar surface area (TPSA) is 130 Å². The van der Waals surface area contributed by atoms with Crippen LogP contribution in [0.3, 0.4) is 0 Å². The highest BCUT2D eigenvalue weighted by atomic mass is 35.5. The van der Waals surface area contributed by atoms with Crippen molar-refractivity contribution in [1.82, 2.24) is 20.2 Å². The zero-order valence-corrected chi connectivity index (χ0v) is 23.1. The number of aromatic nitrogens is 2. The monoisotopic (exact) mass is 562 g/mol. The van der Waals surface area contributed by atoms with Gasteiger partial charge in [-0.15, -0.1) is 0 Å². The summed E-state index contributed by atoms with van der Waals surface area (Å²) in [6.45, 7) is 3.90. The molecule has 210 valence electrons. The number of piperidine rings is 1. The van der Waals surface area contributed by atoms with Gasteiger partial charge in [0.1, 0.15) is 5.82 Å². The third-order valence-electron chi connectivity index (χ3n) is 7.01. The highest BCUT2D eigenvalue weighted by Gasteiger charge is 2.29. The average Bonchev–Trinajstić information content (AvgIpc) is 3.81. The predicted molar refractivity (Wildman–Crippen MR) is 155 cm³/mol. The molecule has 3 amide bonds. The second-order valence-electron chi connectivity index (χ2n) is 10.2. The van der Waals surface area contributed by atoms with E-state index in [1.54, 1.807) is 24.5 Å². The van der Waals surface area contributed by atoms with Crippen molar-refractivity contribution in [2.45, 2.75) is 38.6 Å². The Morgan fingerprint density at radius 3 is 2.45 bits per heavy atom. The number of likely N-dealkylation sites (tertiary alicyclic amines) is 1. The minimum atomic E-state index is -0.528. The number of carbonyl (C=O) groups is 3. The van der Waals surface area contributed by atoms with Crippen LogP contribution in [0.2, 0.25) is 5.02 Å². The number of anilines is 1. The summed E-state index contributed by atoms with van der Waals surface area (Å²) in [5, 5.41) is 6.44. The van der Waals surface area contributed by atoms with Gasteiger partial charge in [0.25, 0.3) is 5.91 Å². The first kappa shape index (κ1) is 29.2. The Bertz CT molecular complexity index is 1290. The molecule has 0 radical (unpaired) electrons. The molecule has 1 aromatic carbocycles. The van der Waals surface area contributed by atoms with Gasteiger partial charge in [0, 0.05) is 48.2 Å². The van der Waals surface area contributed by atoms with Crippen molar-refractivity contribution in [1.29, 1.82) is 0 Å². The third kappa shape index (κ3) is 9.43. The Hall–Kier alpha value is -3.82. The molecule has 0 unspecified atom stereocenters. The van der Waals surface area contributed by atoms with Crippen LogP contribution < -0.4 is 16.4 Å². The van der Waals surface area contributed by atoms with Crippen molar-refractivity contribution in [3.63, 3.8) is 0 Å². The predicted octanol–water partition coefficient (Wildman–Crippen LogP) is 4.30. The first-order valence-corrected chi connectivity index (χ1v) is 14.0. The Balaban J connectivity index is 0.000000210. The fourth-order valence-electron chi connectivity index (χ4n) is 4.54. The van der Waals surface area contributed by atoms with E-state index in [1.807, 2.05) is 18.2 Å². The van der Waals surface area contributed by atoms with Crippen molar-refractivity contribution in [3.8, 4) is 0 Å². The molecule has 3 aromatic rings. The molecule has 10 heteroatoms. The zero-order valence-electron chi connectivity index (χ0n) is 22.4. The fraction of sp³-hybridized carbons (Fsp3) is 0.367. The smallest absolute Gasteiger partial charge is 0.252 e. The average molecular weight is 563 g/mol. The van der Waals surface area contributed by atoms with Crippen LogP contribution in [0, 0.1) is 11.8 Å². The van der Waals surface area contributed by atoms with Gasteiger partial charge < -0.3 is 16.4 Å². The second-order valence-corrected chi connectivity index (χ2v) is 10.6. The number of hydrogen-bond donors (Lipinski definition) is 3. The van der Waals surface area contributed by atoms with Gasteiger partial charge >= 0.3 is 0 Å². The van der Waals surface area contributed by atoms with E-state index in [1.165, 1.54) is 36.7 Å². The first-order valence-electron chi connectivity index (χ1n) is 13.6. The number of benzene rings is 1. The van der Waals surface area contributed by atoms with Crippen LogP contribution in [-0.2, 0) is 11.3 Å². The molecule has 40 heavy (non-hydrogen) atoms. The molecule has 2 fully saturated rings. The van der Waals surface area contributed by atoms with Gasteiger partial charge in [-0.25, -0.2) is 4.98 Å². The number of halogens is 1. The number of nitrogens with zero attached hydrogens (tertiary/aromatic N) is 3. The summed E-state index contributed by atoms with van der Waals surface area (Å²) in [6.07, 6.45) is 9.99. The summed E-state index contributed by atoms with van der Waals surface area (Å²) in [4.78, 5) is 44.6. The Morgan fingerprint density at radius 2 is 1.77 bits per heavy atom. The third-order valence-corrected chi connectivity index (χ3v) is 7.24. The lowest BCUT2D eigenvalue weighted by atomic mass is 9.93. The van der Waals surface area contributed by atoms with E-state index in [0.717, 1.165) is 50.5 Å². The molecular formula is C30H35ClN6O3. The standard InChI is InChI=1S/C20H24ClN3O.C10H11N3O2/c21-19-5-1-3-17(13-19)15-24-11-7-16(8-12-24)6-10-23-20(25)18-4-2-9-22-14-18;11-9(14)7-3-4-12-8(5-7)13-10(15)6-1-2-6/h1-5,9,13-14,16H,6-8,10-12,15H2,(H,23,25);3-6H,1-2H2,(H2,11,14)(H,12,13,15). The first-order chi connectivity index (χ1) is 19.4. The number of carbonyl (C=O) groups excluding carboxylic acids is 3. The summed E-state index contributed by atoms with van der Waals surface area (Å²) in [6, 6.07) is 14.7. The van der Waals surface area contributed by atoms with Crippen molar-refractivity contribution >= 4 is 35.1 Å². The molecule has 9 nitrogen and oxygen atoms in total. The number of nitrogens with two attached hydrogens (primary N) is 1. The molecule has 1 aliphatic carbocycles. The second kappa shape index (κ2) is 14.5. The lowest BCUT2D eigenvalue weighted by molar-refractivity contribution is -0.117. The van der Waals surface area contributed by atoms with E-state index >= 15 is 0 Å². The molecule has 2 aromatic heterocycles. The van der Waals surface area contributed by atoms with Gasteiger partial charge in [-0.2, -0.15) is 0 Å². The zero-order chi connectivity index (χ0) is 28.3. The van der Waals surface area contributed by atoms with Crippen molar-refractivity contribution < 1.29 is 14.4 Å². The molecule has 0 spiro atoms. The maximum absolute atomic E-state index is 12.0. The SMILES string of the molecule is NC(=O)c1ccnc(NC(=O)C2CC2)c1.O=C(NCCC1CCN(Cc2cccc(Cl)c2)CC1)c1cccnc1. The molecule has 3 heterocycles. The Labute approximate surface area is 239 Å². The van der Waals surface area contributed by atoms with Crippen molar-refractivity contribution in [3.05, 3.63) is 88.8 Å². The van der Waals surface area contributed by atoms with Gasteiger partial charge in [0.2, 0.25) is 11.8 Å². The summed E-state index contributed by atoms with van der Waals surface area (Å²) < 4.78 is 0. The van der Waals surface area contributed by atoms with Crippen LogP contribution in [0.5, 0.6) is 0 Å². The van der Waals surface area contributed by atoms with Crippen LogP contribution in [0.25, 0.3) is 0 Å². The van der Waals surface area contributed by atoms with Crippen LogP contribution in [0.1, 0.15) is 58.4 Å². The number of nitrogens with one attached hydrogen (secondary N) is 2. The molecule has 1 aliphatic heterocycles. The maximum atomic E-state index is 12.0. The highest BCUT2D eigenvalue weighted by molar-refractivity contribution is 6.30. The van der Waals surface area contributed by atoms with E-state index in [0.29, 0.717) is 22.9 Å². The van der Waals surface area contributed by atoms with Crippen molar-refractivity contribution in [2.75, 3.05) is 25.0 Å². The lowest BCUT2D eigenvalue weighted by Crippen LogP contribution is -2.34. The number of hydrogen-bond acceptors (Lipinski definition) is 6. The molecule has 0 bridgehead atoms. The summed E-state index contributed by atoms with van der Waals surface area (Å²) >= 11 is 6.06. The summed E-state index contributed by atoms with van der Waals surface area (Å²) in [5.74, 6) is 0.576. The molecule has 4 N–H and O–H groups in total. The molecule has 1 saturated heterocycles. The number of rotatable bonds is 9. The Kier molecular flexibility index (Phi) is 10.6. The number of pyridine rings is 2. The van der Waals surface area contributed by atoms with Gasteiger partial charge in [-0.05, 0) is 93.1 Å². The minimum absolute atomic E-state index is 0.0357.